The normalized spacial score (nSPS) is 10.1. The van der Waals surface area contributed by atoms with Crippen LogP contribution in [0.5, 0.6) is 17.2 Å². The molecule has 0 atom stereocenters. The fourth-order valence-electron chi connectivity index (χ4n) is 1.84. The van der Waals surface area contributed by atoms with E-state index in [2.05, 4.69) is 10.6 Å². The number of methoxy groups -OCH3 is 2. The number of amides is 1. The summed E-state index contributed by atoms with van der Waals surface area (Å²) in [6.07, 6.45) is 0.886. The van der Waals surface area contributed by atoms with Gasteiger partial charge in [0.05, 0.1) is 14.2 Å². The molecule has 1 aromatic rings. The summed E-state index contributed by atoms with van der Waals surface area (Å²) in [6, 6.07) is 3.72. The molecule has 0 bridgehead atoms. The van der Waals surface area contributed by atoms with Gasteiger partial charge in [0.15, 0.2) is 18.1 Å². The zero-order chi connectivity index (χ0) is 15.7. The predicted octanol–water partition coefficient (Wildman–Crippen LogP) is 1.33. The van der Waals surface area contributed by atoms with Gasteiger partial charge in [0.1, 0.15) is 0 Å². The molecule has 6 heteroatoms. The Bertz CT molecular complexity index is 438. The van der Waals surface area contributed by atoms with Gasteiger partial charge in [-0.1, -0.05) is 6.92 Å². The van der Waals surface area contributed by atoms with Crippen molar-refractivity contribution in [2.24, 2.45) is 0 Å². The Morgan fingerprint density at radius 1 is 1.19 bits per heavy atom. The van der Waals surface area contributed by atoms with Gasteiger partial charge in [-0.25, -0.2) is 0 Å². The van der Waals surface area contributed by atoms with Gasteiger partial charge in [0.25, 0.3) is 5.91 Å². The second kappa shape index (κ2) is 9.07. The molecule has 0 spiro atoms. The topological polar surface area (TPSA) is 68.8 Å². The van der Waals surface area contributed by atoms with Gasteiger partial charge in [0, 0.05) is 13.1 Å². The maximum absolute atomic E-state index is 11.6. The summed E-state index contributed by atoms with van der Waals surface area (Å²) in [5.74, 6) is 1.36. The summed E-state index contributed by atoms with van der Waals surface area (Å²) >= 11 is 0. The minimum Gasteiger partial charge on any atom is -0.493 e. The molecule has 0 saturated heterocycles. The van der Waals surface area contributed by atoms with Gasteiger partial charge in [-0.05, 0) is 31.2 Å². The fraction of sp³-hybridized carbons (Fsp3) is 0.533. The van der Waals surface area contributed by atoms with Crippen LogP contribution in [0.1, 0.15) is 18.9 Å². The first kappa shape index (κ1) is 17.1. The lowest BCUT2D eigenvalue weighted by Gasteiger charge is -2.16. The summed E-state index contributed by atoms with van der Waals surface area (Å²) in [6.45, 7) is 3.24. The Kier molecular flexibility index (Phi) is 7.39. The van der Waals surface area contributed by atoms with Gasteiger partial charge in [-0.15, -0.1) is 0 Å². The van der Waals surface area contributed by atoms with Crippen molar-refractivity contribution in [3.8, 4) is 17.2 Å². The van der Waals surface area contributed by atoms with E-state index in [-0.39, 0.29) is 12.5 Å². The summed E-state index contributed by atoms with van der Waals surface area (Å²) in [5, 5.41) is 5.82. The molecule has 2 N–H and O–H groups in total. The molecule has 118 valence electrons. The Labute approximate surface area is 125 Å². The summed E-state index contributed by atoms with van der Waals surface area (Å²) in [4.78, 5) is 11.6. The van der Waals surface area contributed by atoms with E-state index in [0.717, 1.165) is 12.0 Å². The highest BCUT2D eigenvalue weighted by Gasteiger charge is 2.15. The molecule has 1 aromatic carbocycles. The summed E-state index contributed by atoms with van der Waals surface area (Å²) in [7, 11) is 4.98. The van der Waals surface area contributed by atoms with Crippen molar-refractivity contribution in [3.05, 3.63) is 17.7 Å². The standard InChI is InChI=1S/C15H24N2O4/c1-5-6-17-14(18)10-21-15-12(19-3)7-11(9-16-2)8-13(15)20-4/h7-8,16H,5-6,9-10H2,1-4H3,(H,17,18). The maximum Gasteiger partial charge on any atom is 0.257 e. The van der Waals surface area contributed by atoms with E-state index < -0.39 is 0 Å². The predicted molar refractivity (Wildman–Crippen MR) is 81.1 cm³/mol. The van der Waals surface area contributed by atoms with Gasteiger partial charge < -0.3 is 24.8 Å². The fourth-order valence-corrected chi connectivity index (χ4v) is 1.84. The van der Waals surface area contributed by atoms with Gasteiger partial charge >= 0.3 is 0 Å². The van der Waals surface area contributed by atoms with E-state index >= 15 is 0 Å². The van der Waals surface area contributed by atoms with Crippen molar-refractivity contribution >= 4 is 5.91 Å². The minimum atomic E-state index is -0.166. The van der Waals surface area contributed by atoms with E-state index in [0.29, 0.717) is 30.3 Å². The molecule has 0 unspecified atom stereocenters. The minimum absolute atomic E-state index is 0.0713. The highest BCUT2D eigenvalue weighted by atomic mass is 16.5. The first-order valence-corrected chi connectivity index (χ1v) is 6.95. The molecule has 1 amide bonds. The van der Waals surface area contributed by atoms with Crippen LogP contribution in [0.25, 0.3) is 0 Å². The first-order valence-electron chi connectivity index (χ1n) is 6.95. The second-order valence-electron chi connectivity index (χ2n) is 4.50. The van der Waals surface area contributed by atoms with Gasteiger partial charge in [0.2, 0.25) is 5.75 Å². The third-order valence-electron chi connectivity index (χ3n) is 2.82. The third-order valence-corrected chi connectivity index (χ3v) is 2.82. The van der Waals surface area contributed by atoms with Crippen LogP contribution in [0.2, 0.25) is 0 Å². The quantitative estimate of drug-likeness (QED) is 0.719. The zero-order valence-electron chi connectivity index (χ0n) is 13.1. The van der Waals surface area contributed by atoms with E-state index in [9.17, 15) is 4.79 Å². The van der Waals surface area contributed by atoms with Crippen LogP contribution < -0.4 is 24.8 Å². The molecular formula is C15H24N2O4. The van der Waals surface area contributed by atoms with E-state index in [4.69, 9.17) is 14.2 Å². The van der Waals surface area contributed by atoms with Crippen molar-refractivity contribution in [1.29, 1.82) is 0 Å². The molecule has 0 fully saturated rings. The zero-order valence-corrected chi connectivity index (χ0v) is 13.1. The van der Waals surface area contributed by atoms with Crippen molar-refractivity contribution in [2.75, 3.05) is 34.4 Å². The Morgan fingerprint density at radius 2 is 1.81 bits per heavy atom. The third kappa shape index (κ3) is 5.15. The van der Waals surface area contributed by atoms with Gasteiger partial charge in [-0.3, -0.25) is 4.79 Å². The molecule has 21 heavy (non-hydrogen) atoms. The van der Waals surface area contributed by atoms with Crippen LogP contribution in [0.4, 0.5) is 0 Å². The number of carbonyl (C=O) groups excluding carboxylic acids is 1. The number of ether oxygens (including phenoxy) is 3. The van der Waals surface area contributed by atoms with Crippen molar-refractivity contribution in [1.82, 2.24) is 10.6 Å². The first-order chi connectivity index (χ1) is 10.2. The number of hydrogen-bond acceptors (Lipinski definition) is 5. The largest absolute Gasteiger partial charge is 0.493 e. The van der Waals surface area contributed by atoms with Gasteiger partial charge in [-0.2, -0.15) is 0 Å². The monoisotopic (exact) mass is 296 g/mol. The van der Waals surface area contributed by atoms with Crippen LogP contribution in [-0.4, -0.2) is 40.3 Å². The lowest BCUT2D eigenvalue weighted by atomic mass is 10.2. The van der Waals surface area contributed by atoms with E-state index in [1.807, 2.05) is 26.1 Å². The molecule has 6 nitrogen and oxygen atoms in total. The Balaban J connectivity index is 2.86. The molecule has 1 rings (SSSR count). The van der Waals surface area contributed by atoms with Crippen molar-refractivity contribution < 1.29 is 19.0 Å². The van der Waals surface area contributed by atoms with Crippen LogP contribution in [0, 0.1) is 0 Å². The number of carbonyl (C=O) groups is 1. The molecule has 0 heterocycles. The molecule has 0 aliphatic heterocycles. The second-order valence-corrected chi connectivity index (χ2v) is 4.50. The lowest BCUT2D eigenvalue weighted by molar-refractivity contribution is -0.123. The average Bonchev–Trinajstić information content (AvgIpc) is 2.50. The smallest absolute Gasteiger partial charge is 0.257 e. The SMILES string of the molecule is CCCNC(=O)COc1c(OC)cc(CNC)cc1OC. The molecule has 0 aromatic heterocycles. The van der Waals surface area contributed by atoms with Crippen LogP contribution in [0.3, 0.4) is 0 Å². The summed E-state index contributed by atoms with van der Waals surface area (Å²) < 4.78 is 16.2. The number of hydrogen-bond donors (Lipinski definition) is 2. The highest BCUT2D eigenvalue weighted by molar-refractivity contribution is 5.77. The number of benzene rings is 1. The average molecular weight is 296 g/mol. The van der Waals surface area contributed by atoms with Crippen molar-refractivity contribution in [3.63, 3.8) is 0 Å². The van der Waals surface area contributed by atoms with Crippen molar-refractivity contribution in [2.45, 2.75) is 19.9 Å². The molecule has 0 radical (unpaired) electrons. The highest BCUT2D eigenvalue weighted by Crippen LogP contribution is 2.38. The molecule has 0 aliphatic carbocycles. The Hall–Kier alpha value is -1.95. The van der Waals surface area contributed by atoms with E-state index in [1.54, 1.807) is 14.2 Å². The van der Waals surface area contributed by atoms with Crippen LogP contribution >= 0.6 is 0 Å². The van der Waals surface area contributed by atoms with Crippen LogP contribution in [-0.2, 0) is 11.3 Å². The number of rotatable bonds is 9. The van der Waals surface area contributed by atoms with E-state index in [1.165, 1.54) is 0 Å². The molecular weight excluding hydrogens is 272 g/mol. The number of nitrogens with one attached hydrogen (secondary N) is 2. The molecule has 0 saturated carbocycles. The molecule has 0 aliphatic rings. The van der Waals surface area contributed by atoms with Crippen LogP contribution in [0.15, 0.2) is 12.1 Å². The maximum atomic E-state index is 11.6. The summed E-state index contributed by atoms with van der Waals surface area (Å²) in [5.41, 5.74) is 1.01. The lowest BCUT2D eigenvalue weighted by Crippen LogP contribution is -2.29. The Morgan fingerprint density at radius 3 is 2.29 bits per heavy atom.